The predicted octanol–water partition coefficient (Wildman–Crippen LogP) is 1.97. The molecule has 1 saturated carbocycles. The molecule has 0 unspecified atom stereocenters. The van der Waals surface area contributed by atoms with E-state index in [2.05, 4.69) is 11.4 Å². The monoisotopic (exact) mass is 196 g/mol. The van der Waals surface area contributed by atoms with Crippen LogP contribution in [0.2, 0.25) is 0 Å². The average molecular weight is 196 g/mol. The molecule has 0 aromatic rings. The highest BCUT2D eigenvalue weighted by molar-refractivity contribution is 5.65. The topological polar surface area (TPSA) is 73.1 Å². The lowest BCUT2D eigenvalue weighted by Crippen LogP contribution is -2.45. The van der Waals surface area contributed by atoms with Gasteiger partial charge in [0, 0.05) is 11.5 Å². The SMILES string of the molecule is CC1(C)[C@H](NC(=O)O)CC[C@]1(C)C#N. The number of carbonyl (C=O) groups is 1. The Morgan fingerprint density at radius 3 is 2.50 bits per heavy atom. The zero-order chi connectivity index (χ0) is 11.0. The van der Waals surface area contributed by atoms with Gasteiger partial charge in [-0.1, -0.05) is 13.8 Å². The molecule has 1 aliphatic rings. The maximum atomic E-state index is 10.5. The Morgan fingerprint density at radius 2 is 2.14 bits per heavy atom. The fourth-order valence-electron chi connectivity index (χ4n) is 2.10. The Balaban J connectivity index is 2.87. The summed E-state index contributed by atoms with van der Waals surface area (Å²) in [6, 6.07) is 2.18. The lowest BCUT2D eigenvalue weighted by atomic mass is 9.69. The Kier molecular flexibility index (Phi) is 2.45. The standard InChI is InChI=1S/C10H16N2O2/c1-9(2)7(12-8(13)14)4-5-10(9,3)6-11/h7,12H,4-5H2,1-3H3,(H,13,14)/t7-,10-/m1/s1. The summed E-state index contributed by atoms with van der Waals surface area (Å²) < 4.78 is 0. The lowest BCUT2D eigenvalue weighted by Gasteiger charge is -2.36. The second-order valence-electron chi connectivity index (χ2n) is 4.71. The van der Waals surface area contributed by atoms with E-state index in [1.54, 1.807) is 0 Å². The zero-order valence-electron chi connectivity index (χ0n) is 8.79. The Hall–Kier alpha value is -1.24. The van der Waals surface area contributed by atoms with Crippen LogP contribution in [0.1, 0.15) is 33.6 Å². The molecule has 4 heteroatoms. The minimum absolute atomic E-state index is 0.121. The molecule has 78 valence electrons. The molecule has 0 radical (unpaired) electrons. The number of nitrogens with zero attached hydrogens (tertiary/aromatic N) is 1. The molecule has 2 atom stereocenters. The van der Waals surface area contributed by atoms with Gasteiger partial charge in [0.05, 0.1) is 11.5 Å². The van der Waals surface area contributed by atoms with Gasteiger partial charge in [-0.15, -0.1) is 0 Å². The molecule has 1 aliphatic carbocycles. The Bertz CT molecular complexity index is 293. The number of nitriles is 1. The Morgan fingerprint density at radius 1 is 1.57 bits per heavy atom. The van der Waals surface area contributed by atoms with E-state index in [0.717, 1.165) is 12.8 Å². The van der Waals surface area contributed by atoms with Crippen LogP contribution in [0, 0.1) is 22.2 Å². The molecule has 0 spiro atoms. The molecule has 0 bridgehead atoms. The second kappa shape index (κ2) is 3.16. The summed E-state index contributed by atoms with van der Waals surface area (Å²) in [7, 11) is 0. The van der Waals surface area contributed by atoms with E-state index in [1.165, 1.54) is 0 Å². The summed E-state index contributed by atoms with van der Waals surface area (Å²) >= 11 is 0. The quantitative estimate of drug-likeness (QED) is 0.673. The molecule has 2 N–H and O–H groups in total. The van der Waals surface area contributed by atoms with E-state index in [9.17, 15) is 4.79 Å². The van der Waals surface area contributed by atoms with Crippen molar-refractivity contribution in [2.24, 2.45) is 10.8 Å². The van der Waals surface area contributed by atoms with Gasteiger partial charge in [-0.2, -0.15) is 5.26 Å². The van der Waals surface area contributed by atoms with E-state index < -0.39 is 11.5 Å². The number of hydrogen-bond donors (Lipinski definition) is 2. The summed E-state index contributed by atoms with van der Waals surface area (Å²) in [6.45, 7) is 5.80. The van der Waals surface area contributed by atoms with Crippen molar-refractivity contribution in [1.82, 2.24) is 5.32 Å². The number of carboxylic acid groups (broad SMARTS) is 1. The predicted molar refractivity (Wildman–Crippen MR) is 51.7 cm³/mol. The first-order valence-electron chi connectivity index (χ1n) is 4.74. The first-order chi connectivity index (χ1) is 6.33. The fraction of sp³-hybridized carbons (Fsp3) is 0.800. The van der Waals surface area contributed by atoms with Gasteiger partial charge in [-0.05, 0) is 19.8 Å². The van der Waals surface area contributed by atoms with Crippen molar-refractivity contribution in [3.05, 3.63) is 0 Å². The van der Waals surface area contributed by atoms with E-state index in [0.29, 0.717) is 0 Å². The molecule has 1 amide bonds. The van der Waals surface area contributed by atoms with Crippen molar-refractivity contribution < 1.29 is 9.90 Å². The van der Waals surface area contributed by atoms with Crippen LogP contribution in [0.4, 0.5) is 4.79 Å². The average Bonchev–Trinajstić information content (AvgIpc) is 2.29. The fourth-order valence-corrected chi connectivity index (χ4v) is 2.10. The second-order valence-corrected chi connectivity index (χ2v) is 4.71. The van der Waals surface area contributed by atoms with Crippen LogP contribution >= 0.6 is 0 Å². The number of rotatable bonds is 1. The number of amides is 1. The molecule has 1 fully saturated rings. The van der Waals surface area contributed by atoms with Gasteiger partial charge in [-0.3, -0.25) is 0 Å². The van der Waals surface area contributed by atoms with Crippen molar-refractivity contribution >= 4 is 6.09 Å². The summed E-state index contributed by atoms with van der Waals surface area (Å²) in [6.07, 6.45) is 0.482. The molecule has 14 heavy (non-hydrogen) atoms. The summed E-state index contributed by atoms with van der Waals surface area (Å²) in [4.78, 5) is 10.5. The third-order valence-electron chi connectivity index (χ3n) is 3.77. The van der Waals surface area contributed by atoms with Gasteiger partial charge in [-0.25, -0.2) is 4.79 Å². The largest absolute Gasteiger partial charge is 0.465 e. The van der Waals surface area contributed by atoms with Gasteiger partial charge in [0.25, 0.3) is 0 Å². The van der Waals surface area contributed by atoms with Crippen LogP contribution < -0.4 is 5.32 Å². The third-order valence-corrected chi connectivity index (χ3v) is 3.77. The molecule has 0 aliphatic heterocycles. The third kappa shape index (κ3) is 1.43. The van der Waals surface area contributed by atoms with Crippen molar-refractivity contribution in [3.8, 4) is 6.07 Å². The van der Waals surface area contributed by atoms with Gasteiger partial charge >= 0.3 is 6.09 Å². The lowest BCUT2D eigenvalue weighted by molar-refractivity contribution is 0.145. The van der Waals surface area contributed by atoms with E-state index in [-0.39, 0.29) is 11.5 Å². The minimum Gasteiger partial charge on any atom is -0.465 e. The number of nitrogens with one attached hydrogen (secondary N) is 1. The van der Waals surface area contributed by atoms with Crippen molar-refractivity contribution in [3.63, 3.8) is 0 Å². The highest BCUT2D eigenvalue weighted by Crippen LogP contribution is 2.51. The summed E-state index contributed by atoms with van der Waals surface area (Å²) in [5, 5.41) is 20.2. The van der Waals surface area contributed by atoms with Crippen molar-refractivity contribution in [2.75, 3.05) is 0 Å². The van der Waals surface area contributed by atoms with E-state index >= 15 is 0 Å². The van der Waals surface area contributed by atoms with Crippen LogP contribution in [0.15, 0.2) is 0 Å². The Labute approximate surface area is 83.9 Å². The molecular weight excluding hydrogens is 180 g/mol. The normalized spacial score (nSPS) is 34.9. The molecule has 0 heterocycles. The number of hydrogen-bond acceptors (Lipinski definition) is 2. The molecule has 0 aromatic carbocycles. The maximum Gasteiger partial charge on any atom is 0.404 e. The zero-order valence-corrected chi connectivity index (χ0v) is 8.79. The smallest absolute Gasteiger partial charge is 0.404 e. The van der Waals surface area contributed by atoms with Crippen molar-refractivity contribution in [2.45, 2.75) is 39.7 Å². The van der Waals surface area contributed by atoms with Gasteiger partial charge in [0.15, 0.2) is 0 Å². The van der Waals surface area contributed by atoms with Crippen LogP contribution in [0.5, 0.6) is 0 Å². The van der Waals surface area contributed by atoms with E-state index in [4.69, 9.17) is 10.4 Å². The summed E-state index contributed by atoms with van der Waals surface area (Å²) in [5.74, 6) is 0. The van der Waals surface area contributed by atoms with Crippen molar-refractivity contribution in [1.29, 1.82) is 5.26 Å². The first-order valence-corrected chi connectivity index (χ1v) is 4.74. The molecule has 4 nitrogen and oxygen atoms in total. The first kappa shape index (κ1) is 10.8. The molecule has 0 aromatic heterocycles. The molecule has 1 rings (SSSR count). The highest BCUT2D eigenvalue weighted by Gasteiger charge is 2.52. The van der Waals surface area contributed by atoms with E-state index in [1.807, 2.05) is 20.8 Å². The molecule has 0 saturated heterocycles. The highest BCUT2D eigenvalue weighted by atomic mass is 16.4. The van der Waals surface area contributed by atoms with Gasteiger partial charge in [0.2, 0.25) is 0 Å². The maximum absolute atomic E-state index is 10.5. The van der Waals surface area contributed by atoms with Crippen LogP contribution in [0.3, 0.4) is 0 Å². The minimum atomic E-state index is -1.01. The molecular formula is C10H16N2O2. The van der Waals surface area contributed by atoms with Gasteiger partial charge in [0.1, 0.15) is 0 Å². The van der Waals surface area contributed by atoms with Crippen LogP contribution in [-0.4, -0.2) is 17.2 Å². The summed E-state index contributed by atoms with van der Waals surface area (Å²) in [5.41, 5.74) is -0.736. The van der Waals surface area contributed by atoms with Crippen LogP contribution in [-0.2, 0) is 0 Å². The van der Waals surface area contributed by atoms with Gasteiger partial charge < -0.3 is 10.4 Å². The van der Waals surface area contributed by atoms with Crippen LogP contribution in [0.25, 0.3) is 0 Å².